The predicted octanol–water partition coefficient (Wildman–Crippen LogP) is 4.01. The molecule has 1 heterocycles. The third kappa shape index (κ3) is 4.67. The lowest BCUT2D eigenvalue weighted by atomic mass is 9.98. The van der Waals surface area contributed by atoms with E-state index in [-0.39, 0.29) is 5.92 Å². The molecule has 0 amide bonds. The highest BCUT2D eigenvalue weighted by molar-refractivity contribution is 5.40. The van der Waals surface area contributed by atoms with E-state index < -0.39 is 0 Å². The van der Waals surface area contributed by atoms with E-state index in [9.17, 15) is 5.11 Å². The van der Waals surface area contributed by atoms with E-state index in [0.29, 0.717) is 18.2 Å². The molecule has 25 heavy (non-hydrogen) atoms. The first-order valence-electron chi connectivity index (χ1n) is 8.80. The molecule has 3 N–H and O–H groups in total. The molecule has 1 aliphatic rings. The van der Waals surface area contributed by atoms with E-state index in [1.54, 1.807) is 14.0 Å². The molecule has 1 aromatic carbocycles. The van der Waals surface area contributed by atoms with Crippen molar-refractivity contribution in [1.82, 2.24) is 4.90 Å². The summed E-state index contributed by atoms with van der Waals surface area (Å²) in [6, 6.07) is 8.10. The standard InChI is InChI=1S/C21H30N2O2/c1-5-15(2)6-11-20-21(16(3)24)18(12-22)14-23(20)13-17-7-9-19(25-4)10-8-17/h5,7-11,15,18,24H,1,6,12-14,22H2,2-4H3/b20-11-,21-16+/t15-,18?/m0/s1. The summed E-state index contributed by atoms with van der Waals surface area (Å²) in [5.74, 6) is 1.78. The Morgan fingerprint density at radius 1 is 1.44 bits per heavy atom. The molecular weight excluding hydrogens is 312 g/mol. The Morgan fingerprint density at radius 3 is 2.64 bits per heavy atom. The van der Waals surface area contributed by atoms with Crippen LogP contribution in [0.15, 0.2) is 60.0 Å². The third-order valence-electron chi connectivity index (χ3n) is 4.76. The highest BCUT2D eigenvalue weighted by atomic mass is 16.5. The highest BCUT2D eigenvalue weighted by Gasteiger charge is 2.32. The second kappa shape index (κ2) is 8.77. The number of rotatable bonds is 7. The highest BCUT2D eigenvalue weighted by Crippen LogP contribution is 2.36. The molecule has 0 bridgehead atoms. The van der Waals surface area contributed by atoms with Crippen LogP contribution in [0.5, 0.6) is 5.75 Å². The van der Waals surface area contributed by atoms with Crippen LogP contribution in [0, 0.1) is 11.8 Å². The van der Waals surface area contributed by atoms with Crippen LogP contribution in [0.3, 0.4) is 0 Å². The zero-order valence-electron chi connectivity index (χ0n) is 15.5. The maximum absolute atomic E-state index is 10.2. The van der Waals surface area contributed by atoms with Gasteiger partial charge in [-0.15, -0.1) is 6.58 Å². The Balaban J connectivity index is 2.29. The normalized spacial score (nSPS) is 22.2. The molecule has 1 fully saturated rings. The van der Waals surface area contributed by atoms with Crippen molar-refractivity contribution in [3.63, 3.8) is 0 Å². The second-order valence-corrected chi connectivity index (χ2v) is 6.70. The van der Waals surface area contributed by atoms with Gasteiger partial charge in [-0.2, -0.15) is 0 Å². The van der Waals surface area contributed by atoms with Crippen LogP contribution in [-0.4, -0.2) is 30.2 Å². The van der Waals surface area contributed by atoms with Gasteiger partial charge < -0.3 is 20.5 Å². The lowest BCUT2D eigenvalue weighted by Crippen LogP contribution is -2.22. The molecule has 2 atom stereocenters. The second-order valence-electron chi connectivity index (χ2n) is 6.70. The number of ether oxygens (including phenoxy) is 1. The van der Waals surface area contributed by atoms with Crippen molar-refractivity contribution >= 4 is 0 Å². The Labute approximate surface area is 151 Å². The van der Waals surface area contributed by atoms with Crippen molar-refractivity contribution in [2.75, 3.05) is 20.2 Å². The summed E-state index contributed by atoms with van der Waals surface area (Å²) in [6.07, 6.45) is 5.06. The van der Waals surface area contributed by atoms with Crippen molar-refractivity contribution in [2.24, 2.45) is 17.6 Å². The SMILES string of the molecule is C=C[C@H](C)C/C=C1/C(=C(\C)O)C(CN)CN1Cc1ccc(OC)cc1. The van der Waals surface area contributed by atoms with E-state index in [4.69, 9.17) is 10.5 Å². The molecule has 1 unspecified atom stereocenters. The zero-order valence-corrected chi connectivity index (χ0v) is 15.5. The fourth-order valence-electron chi connectivity index (χ4n) is 3.24. The van der Waals surface area contributed by atoms with Gasteiger partial charge in [0.2, 0.25) is 0 Å². The number of aliphatic hydroxyl groups is 1. The number of aliphatic hydroxyl groups excluding tert-OH is 1. The number of allylic oxidation sites excluding steroid dienone is 4. The van der Waals surface area contributed by atoms with Crippen molar-refractivity contribution in [3.8, 4) is 5.75 Å². The van der Waals surface area contributed by atoms with Crippen LogP contribution >= 0.6 is 0 Å². The number of hydrogen-bond donors (Lipinski definition) is 2. The Morgan fingerprint density at radius 2 is 2.12 bits per heavy atom. The molecule has 0 radical (unpaired) electrons. The number of nitrogens with two attached hydrogens (primary N) is 1. The smallest absolute Gasteiger partial charge is 0.118 e. The Bertz CT molecular complexity index is 642. The monoisotopic (exact) mass is 342 g/mol. The first kappa shape index (κ1) is 19.1. The fraction of sp³-hybridized carbons (Fsp3) is 0.429. The van der Waals surface area contributed by atoms with Gasteiger partial charge in [0.25, 0.3) is 0 Å². The van der Waals surface area contributed by atoms with Crippen LogP contribution in [0.2, 0.25) is 0 Å². The fourth-order valence-corrected chi connectivity index (χ4v) is 3.24. The molecule has 1 aromatic rings. The molecule has 1 saturated heterocycles. The maximum atomic E-state index is 10.2. The number of methoxy groups -OCH3 is 1. The van der Waals surface area contributed by atoms with Gasteiger partial charge in [-0.3, -0.25) is 0 Å². The van der Waals surface area contributed by atoms with Crippen LogP contribution in [-0.2, 0) is 6.54 Å². The molecule has 1 aliphatic heterocycles. The lowest BCUT2D eigenvalue weighted by molar-refractivity contribution is 0.357. The van der Waals surface area contributed by atoms with Crippen molar-refractivity contribution < 1.29 is 9.84 Å². The van der Waals surface area contributed by atoms with Gasteiger partial charge in [0, 0.05) is 36.8 Å². The molecule has 0 aliphatic carbocycles. The molecule has 4 nitrogen and oxygen atoms in total. The topological polar surface area (TPSA) is 58.7 Å². The minimum Gasteiger partial charge on any atom is -0.512 e. The third-order valence-corrected chi connectivity index (χ3v) is 4.76. The van der Waals surface area contributed by atoms with Gasteiger partial charge in [-0.25, -0.2) is 0 Å². The van der Waals surface area contributed by atoms with Gasteiger partial charge >= 0.3 is 0 Å². The molecule has 4 heteroatoms. The Kier molecular flexibility index (Phi) is 6.71. The average molecular weight is 342 g/mol. The van der Waals surface area contributed by atoms with E-state index in [1.165, 1.54) is 5.56 Å². The lowest BCUT2D eigenvalue weighted by Gasteiger charge is -2.21. The summed E-state index contributed by atoms with van der Waals surface area (Å²) in [4.78, 5) is 2.31. The molecule has 0 spiro atoms. The van der Waals surface area contributed by atoms with Gasteiger partial charge in [-0.1, -0.05) is 31.2 Å². The summed E-state index contributed by atoms with van der Waals surface area (Å²) in [5.41, 5.74) is 9.25. The minimum absolute atomic E-state index is 0.161. The number of nitrogens with zero attached hydrogens (tertiary/aromatic N) is 1. The van der Waals surface area contributed by atoms with Gasteiger partial charge in [0.15, 0.2) is 0 Å². The van der Waals surface area contributed by atoms with E-state index in [1.807, 2.05) is 18.2 Å². The quantitative estimate of drug-likeness (QED) is 0.580. The summed E-state index contributed by atoms with van der Waals surface area (Å²) in [6.45, 7) is 9.88. The number of hydrogen-bond acceptors (Lipinski definition) is 4. The van der Waals surface area contributed by atoms with Crippen molar-refractivity contribution in [2.45, 2.75) is 26.8 Å². The summed E-state index contributed by atoms with van der Waals surface area (Å²) < 4.78 is 5.23. The van der Waals surface area contributed by atoms with Crippen molar-refractivity contribution in [1.29, 1.82) is 0 Å². The largest absolute Gasteiger partial charge is 0.512 e. The average Bonchev–Trinajstić information content (AvgIpc) is 2.97. The van der Waals surface area contributed by atoms with Crippen LogP contribution < -0.4 is 10.5 Å². The molecule has 0 aromatic heterocycles. The van der Waals surface area contributed by atoms with Gasteiger partial charge in [0.05, 0.1) is 12.9 Å². The minimum atomic E-state index is 0.161. The predicted molar refractivity (Wildman–Crippen MR) is 103 cm³/mol. The van der Waals surface area contributed by atoms with E-state index in [0.717, 1.165) is 36.5 Å². The van der Waals surface area contributed by atoms with Crippen molar-refractivity contribution in [3.05, 3.63) is 65.6 Å². The van der Waals surface area contributed by atoms with E-state index in [2.05, 4.69) is 36.6 Å². The number of likely N-dealkylation sites (tertiary alicyclic amines) is 1. The van der Waals surface area contributed by atoms with Crippen LogP contribution in [0.4, 0.5) is 0 Å². The first-order valence-corrected chi connectivity index (χ1v) is 8.80. The number of benzene rings is 1. The summed E-state index contributed by atoms with van der Waals surface area (Å²) in [7, 11) is 1.67. The first-order chi connectivity index (χ1) is 12.0. The van der Waals surface area contributed by atoms with Crippen LogP contribution in [0.25, 0.3) is 0 Å². The Hall–Kier alpha value is -2.20. The summed E-state index contributed by atoms with van der Waals surface area (Å²) in [5, 5.41) is 10.2. The molecule has 0 saturated carbocycles. The molecular formula is C21H30N2O2. The molecule has 2 rings (SSSR count). The van der Waals surface area contributed by atoms with Crippen LogP contribution in [0.1, 0.15) is 25.8 Å². The summed E-state index contributed by atoms with van der Waals surface area (Å²) >= 11 is 0. The van der Waals surface area contributed by atoms with Gasteiger partial charge in [0.1, 0.15) is 5.75 Å². The van der Waals surface area contributed by atoms with Gasteiger partial charge in [-0.05, 0) is 37.0 Å². The molecule has 136 valence electrons. The zero-order chi connectivity index (χ0) is 18.4. The maximum Gasteiger partial charge on any atom is 0.118 e. The van der Waals surface area contributed by atoms with E-state index >= 15 is 0 Å².